The molecule has 5 nitrogen and oxygen atoms in total. The van der Waals surface area contributed by atoms with Gasteiger partial charge >= 0.3 is 0 Å². The number of sulfonamides is 1. The van der Waals surface area contributed by atoms with Crippen LogP contribution in [0.3, 0.4) is 0 Å². The summed E-state index contributed by atoms with van der Waals surface area (Å²) < 4.78 is 27.3. The first-order valence-corrected chi connectivity index (χ1v) is 8.50. The number of hydrogen-bond donors (Lipinski definition) is 2. The Bertz CT molecular complexity index is 600. The van der Waals surface area contributed by atoms with Gasteiger partial charge in [-0.05, 0) is 61.3 Å². The molecule has 1 unspecified atom stereocenters. The molecule has 0 fully saturated rings. The molecule has 0 aliphatic rings. The molecule has 0 saturated carbocycles. The fraction of sp³-hybridized carbons (Fsp3) is 0.462. The van der Waals surface area contributed by atoms with E-state index in [2.05, 4.69) is 26.0 Å². The molecule has 0 heterocycles. The van der Waals surface area contributed by atoms with Crippen LogP contribution < -0.4 is 10.0 Å². The Kier molecular flexibility index (Phi) is 5.73. The normalized spacial score (nSPS) is 13.3. The third-order valence-corrected chi connectivity index (χ3v) is 5.05. The summed E-state index contributed by atoms with van der Waals surface area (Å²) >= 11 is 3.23. The molecular formula is C13H19BrN2O3S. The van der Waals surface area contributed by atoms with Gasteiger partial charge in [0.2, 0.25) is 15.9 Å². The van der Waals surface area contributed by atoms with E-state index in [1.54, 1.807) is 12.1 Å². The van der Waals surface area contributed by atoms with Crippen molar-refractivity contribution in [3.05, 3.63) is 28.2 Å². The quantitative estimate of drug-likeness (QED) is 0.840. The molecule has 0 radical (unpaired) electrons. The molecule has 0 aromatic heterocycles. The van der Waals surface area contributed by atoms with Crippen molar-refractivity contribution in [1.29, 1.82) is 0 Å². The van der Waals surface area contributed by atoms with Gasteiger partial charge in [-0.3, -0.25) is 4.79 Å². The van der Waals surface area contributed by atoms with Crippen molar-refractivity contribution >= 4 is 31.9 Å². The lowest BCUT2D eigenvalue weighted by molar-refractivity contribution is -0.122. The van der Waals surface area contributed by atoms with Crippen LogP contribution in [0.25, 0.3) is 0 Å². The second-order valence-electron chi connectivity index (χ2n) is 4.94. The van der Waals surface area contributed by atoms with Gasteiger partial charge in [0.05, 0.1) is 10.9 Å². The standard InChI is InChI=1S/C13H19BrN2O3S/c1-8(2)15-13(17)10(4)16-20(18,19)12-6-5-9(3)7-11(12)14/h5-8,10,16H,1-4H3,(H,15,17). The molecule has 112 valence electrons. The first-order valence-electron chi connectivity index (χ1n) is 6.22. The van der Waals surface area contributed by atoms with Gasteiger partial charge < -0.3 is 5.32 Å². The number of halogens is 1. The maximum atomic E-state index is 12.2. The fourth-order valence-corrected chi connectivity index (χ4v) is 3.98. The average molecular weight is 363 g/mol. The summed E-state index contributed by atoms with van der Waals surface area (Å²) in [7, 11) is -3.75. The highest BCUT2D eigenvalue weighted by atomic mass is 79.9. The van der Waals surface area contributed by atoms with Crippen LogP contribution >= 0.6 is 15.9 Å². The van der Waals surface area contributed by atoms with Crippen LogP contribution in [-0.4, -0.2) is 26.4 Å². The molecule has 0 bridgehead atoms. The van der Waals surface area contributed by atoms with E-state index >= 15 is 0 Å². The summed E-state index contributed by atoms with van der Waals surface area (Å²) in [4.78, 5) is 11.9. The van der Waals surface area contributed by atoms with Crippen molar-refractivity contribution in [3.63, 3.8) is 0 Å². The van der Waals surface area contributed by atoms with Crippen LogP contribution in [0.5, 0.6) is 0 Å². The zero-order valence-corrected chi connectivity index (χ0v) is 14.3. The van der Waals surface area contributed by atoms with E-state index in [-0.39, 0.29) is 16.8 Å². The number of nitrogens with one attached hydrogen (secondary N) is 2. The maximum absolute atomic E-state index is 12.2. The first kappa shape index (κ1) is 17.1. The minimum atomic E-state index is -3.75. The molecule has 1 atom stereocenters. The highest BCUT2D eigenvalue weighted by Gasteiger charge is 2.24. The van der Waals surface area contributed by atoms with Crippen LogP contribution in [0, 0.1) is 6.92 Å². The van der Waals surface area contributed by atoms with Crippen LogP contribution in [0.4, 0.5) is 0 Å². The number of hydrogen-bond acceptors (Lipinski definition) is 3. The van der Waals surface area contributed by atoms with Crippen molar-refractivity contribution in [2.45, 2.75) is 44.7 Å². The summed E-state index contributed by atoms with van der Waals surface area (Å²) in [6, 6.07) is 4.05. The second-order valence-corrected chi connectivity index (χ2v) is 7.48. The number of amides is 1. The largest absolute Gasteiger partial charge is 0.353 e. The lowest BCUT2D eigenvalue weighted by Crippen LogP contribution is -2.46. The van der Waals surface area contributed by atoms with Gasteiger partial charge in [0.1, 0.15) is 0 Å². The van der Waals surface area contributed by atoms with Crippen molar-refractivity contribution in [1.82, 2.24) is 10.0 Å². The minimum absolute atomic E-state index is 0.0411. The Balaban J connectivity index is 2.92. The second kappa shape index (κ2) is 6.69. The van der Waals surface area contributed by atoms with Crippen LogP contribution in [0.2, 0.25) is 0 Å². The zero-order valence-electron chi connectivity index (χ0n) is 11.9. The van der Waals surface area contributed by atoms with E-state index in [4.69, 9.17) is 0 Å². The van der Waals surface area contributed by atoms with E-state index in [1.807, 2.05) is 20.8 Å². The molecule has 0 aliphatic heterocycles. The molecule has 0 spiro atoms. The van der Waals surface area contributed by atoms with Crippen molar-refractivity contribution in [3.8, 4) is 0 Å². The lowest BCUT2D eigenvalue weighted by Gasteiger charge is -2.16. The Morgan fingerprint density at radius 2 is 1.85 bits per heavy atom. The molecule has 2 N–H and O–H groups in total. The van der Waals surface area contributed by atoms with Gasteiger partial charge in [-0.15, -0.1) is 0 Å². The third-order valence-electron chi connectivity index (χ3n) is 2.53. The molecule has 1 aromatic rings. The van der Waals surface area contributed by atoms with Gasteiger partial charge in [-0.25, -0.2) is 8.42 Å². The lowest BCUT2D eigenvalue weighted by atomic mass is 10.2. The summed E-state index contributed by atoms with van der Waals surface area (Å²) in [5.74, 6) is -0.355. The van der Waals surface area contributed by atoms with E-state index in [1.165, 1.54) is 13.0 Å². The number of aryl methyl sites for hydroxylation is 1. The van der Waals surface area contributed by atoms with E-state index in [0.29, 0.717) is 4.47 Å². The highest BCUT2D eigenvalue weighted by molar-refractivity contribution is 9.10. The van der Waals surface area contributed by atoms with E-state index in [0.717, 1.165) is 5.56 Å². The third kappa shape index (κ3) is 4.57. The molecule has 7 heteroatoms. The van der Waals surface area contributed by atoms with Gasteiger partial charge in [0.25, 0.3) is 0 Å². The van der Waals surface area contributed by atoms with Gasteiger partial charge in [-0.2, -0.15) is 4.72 Å². The van der Waals surface area contributed by atoms with Crippen LogP contribution in [0.15, 0.2) is 27.6 Å². The van der Waals surface area contributed by atoms with E-state index < -0.39 is 16.1 Å². The monoisotopic (exact) mass is 362 g/mol. The van der Waals surface area contributed by atoms with Crippen LogP contribution in [0.1, 0.15) is 26.3 Å². The Hall–Kier alpha value is -0.920. The molecule has 20 heavy (non-hydrogen) atoms. The van der Waals surface area contributed by atoms with Crippen molar-refractivity contribution in [2.24, 2.45) is 0 Å². The fourth-order valence-electron chi connectivity index (χ4n) is 1.58. The predicted molar refractivity (Wildman–Crippen MR) is 81.9 cm³/mol. The number of rotatable bonds is 5. The van der Waals surface area contributed by atoms with Gasteiger partial charge in [0, 0.05) is 10.5 Å². The summed E-state index contributed by atoms with van der Waals surface area (Å²) in [5, 5.41) is 2.66. The zero-order chi connectivity index (χ0) is 15.5. The van der Waals surface area contributed by atoms with Crippen molar-refractivity contribution < 1.29 is 13.2 Å². The molecule has 1 amide bonds. The van der Waals surface area contributed by atoms with E-state index in [9.17, 15) is 13.2 Å². The van der Waals surface area contributed by atoms with Gasteiger partial charge in [-0.1, -0.05) is 6.07 Å². The summed E-state index contributed by atoms with van der Waals surface area (Å²) in [6.07, 6.45) is 0. The van der Waals surface area contributed by atoms with Gasteiger partial charge in [0.15, 0.2) is 0 Å². The summed E-state index contributed by atoms with van der Waals surface area (Å²) in [6.45, 7) is 7.01. The molecule has 1 aromatic carbocycles. The Morgan fingerprint density at radius 1 is 1.25 bits per heavy atom. The number of carbonyl (C=O) groups is 1. The maximum Gasteiger partial charge on any atom is 0.242 e. The topological polar surface area (TPSA) is 75.3 Å². The summed E-state index contributed by atoms with van der Waals surface area (Å²) in [5.41, 5.74) is 0.946. The minimum Gasteiger partial charge on any atom is -0.353 e. The highest BCUT2D eigenvalue weighted by Crippen LogP contribution is 2.23. The SMILES string of the molecule is Cc1ccc(S(=O)(=O)NC(C)C(=O)NC(C)C)c(Br)c1. The van der Waals surface area contributed by atoms with Crippen molar-refractivity contribution in [2.75, 3.05) is 0 Å². The molecule has 1 rings (SSSR count). The Morgan fingerprint density at radius 3 is 2.35 bits per heavy atom. The molecule has 0 saturated heterocycles. The molecule has 0 aliphatic carbocycles. The number of benzene rings is 1. The molecular weight excluding hydrogens is 344 g/mol. The van der Waals surface area contributed by atoms with Crippen LogP contribution in [-0.2, 0) is 14.8 Å². The first-order chi connectivity index (χ1) is 9.13. The predicted octanol–water partition coefficient (Wildman–Crippen LogP) is 1.95. The number of carbonyl (C=O) groups excluding carboxylic acids is 1. The smallest absolute Gasteiger partial charge is 0.242 e. The Labute approximate surface area is 128 Å². The average Bonchev–Trinajstić information content (AvgIpc) is 2.26.